The largest absolute Gasteiger partial charge is 0.379 e. The molecule has 3 fully saturated rings. The summed E-state index contributed by atoms with van der Waals surface area (Å²) in [5.74, 6) is 0.799. The van der Waals surface area contributed by atoms with E-state index in [1.807, 2.05) is 12.4 Å². The van der Waals surface area contributed by atoms with E-state index in [1.165, 1.54) is 36.9 Å². The standard InChI is InChI=1S/C21H24N4/c1-14-21(15-8-11-25(14)12-9-15)24-16-5-6-20(23-13-16)17-3-2-4-19-18(17)7-10-22-19/h2-7,10,13-15,21-22,24H,8-9,11-12H2,1H3/t14-,21-/m1/s1. The van der Waals surface area contributed by atoms with Crippen molar-refractivity contribution in [3.8, 4) is 11.3 Å². The molecule has 0 amide bonds. The first-order valence-electron chi connectivity index (χ1n) is 9.33. The number of rotatable bonds is 3. The molecule has 6 rings (SSSR count). The van der Waals surface area contributed by atoms with Crippen LogP contribution in [0.4, 0.5) is 5.69 Å². The van der Waals surface area contributed by atoms with E-state index in [9.17, 15) is 0 Å². The highest BCUT2D eigenvalue weighted by Crippen LogP contribution is 2.34. The van der Waals surface area contributed by atoms with Crippen LogP contribution >= 0.6 is 0 Å². The summed E-state index contributed by atoms with van der Waals surface area (Å²) in [6.45, 7) is 4.89. The van der Waals surface area contributed by atoms with Crippen molar-refractivity contribution < 1.29 is 0 Å². The molecule has 128 valence electrons. The number of nitrogens with zero attached hydrogens (tertiary/aromatic N) is 2. The molecule has 2 N–H and O–H groups in total. The van der Waals surface area contributed by atoms with Crippen LogP contribution in [-0.2, 0) is 0 Å². The molecule has 0 aliphatic carbocycles. The Morgan fingerprint density at radius 3 is 2.76 bits per heavy atom. The number of aromatic amines is 1. The second-order valence-corrected chi connectivity index (χ2v) is 7.46. The highest BCUT2D eigenvalue weighted by atomic mass is 15.2. The average molecular weight is 332 g/mol. The molecule has 1 aromatic carbocycles. The summed E-state index contributed by atoms with van der Waals surface area (Å²) in [7, 11) is 0. The van der Waals surface area contributed by atoms with Crippen molar-refractivity contribution in [2.45, 2.75) is 31.8 Å². The SMILES string of the molecule is C[C@@H]1[C@@H](Nc2ccc(-c3cccc4[nH]ccc34)nc2)C2CCN1CC2. The van der Waals surface area contributed by atoms with Crippen LogP contribution in [0, 0.1) is 5.92 Å². The average Bonchev–Trinajstić information content (AvgIpc) is 3.14. The molecular weight excluding hydrogens is 308 g/mol. The summed E-state index contributed by atoms with van der Waals surface area (Å²) in [6, 6.07) is 13.9. The molecule has 4 heteroatoms. The monoisotopic (exact) mass is 332 g/mol. The summed E-state index contributed by atoms with van der Waals surface area (Å²) in [5, 5.41) is 4.99. The van der Waals surface area contributed by atoms with Gasteiger partial charge in [0.15, 0.2) is 0 Å². The van der Waals surface area contributed by atoms with Gasteiger partial charge in [-0.15, -0.1) is 0 Å². The van der Waals surface area contributed by atoms with E-state index >= 15 is 0 Å². The van der Waals surface area contributed by atoms with E-state index in [0.717, 1.165) is 22.8 Å². The fourth-order valence-corrected chi connectivity index (χ4v) is 4.69. The number of H-pyrrole nitrogens is 1. The molecule has 2 aromatic heterocycles. The minimum atomic E-state index is 0.545. The van der Waals surface area contributed by atoms with Crippen LogP contribution in [-0.4, -0.2) is 40.0 Å². The first kappa shape index (κ1) is 15.0. The third-order valence-corrected chi connectivity index (χ3v) is 6.15. The zero-order valence-electron chi connectivity index (χ0n) is 14.6. The van der Waals surface area contributed by atoms with Gasteiger partial charge in [-0.2, -0.15) is 0 Å². The molecule has 5 heterocycles. The molecule has 3 saturated heterocycles. The fraction of sp³-hybridized carbons (Fsp3) is 0.381. The molecule has 0 saturated carbocycles. The molecule has 3 aliphatic rings. The van der Waals surface area contributed by atoms with E-state index in [2.05, 4.69) is 58.5 Å². The first-order valence-corrected chi connectivity index (χ1v) is 9.33. The molecule has 2 atom stereocenters. The molecule has 3 aromatic rings. The van der Waals surface area contributed by atoms with Crippen LogP contribution in [0.5, 0.6) is 0 Å². The lowest BCUT2D eigenvalue weighted by molar-refractivity contribution is 0.0458. The second-order valence-electron chi connectivity index (χ2n) is 7.46. The third kappa shape index (κ3) is 2.52. The van der Waals surface area contributed by atoms with Crippen molar-refractivity contribution in [1.29, 1.82) is 0 Å². The van der Waals surface area contributed by atoms with Gasteiger partial charge >= 0.3 is 0 Å². The van der Waals surface area contributed by atoms with Crippen molar-refractivity contribution in [3.05, 3.63) is 48.8 Å². The number of benzene rings is 1. The predicted octanol–water partition coefficient (Wildman–Crippen LogP) is 4.12. The van der Waals surface area contributed by atoms with Crippen LogP contribution in [0.25, 0.3) is 22.2 Å². The highest BCUT2D eigenvalue weighted by Gasteiger charge is 2.39. The number of pyridine rings is 1. The van der Waals surface area contributed by atoms with Gasteiger partial charge in [0.25, 0.3) is 0 Å². The Hall–Kier alpha value is -2.33. The maximum absolute atomic E-state index is 4.74. The lowest BCUT2D eigenvalue weighted by Gasteiger charge is -2.50. The van der Waals surface area contributed by atoms with Crippen molar-refractivity contribution in [2.24, 2.45) is 5.92 Å². The second kappa shape index (κ2) is 5.88. The van der Waals surface area contributed by atoms with Gasteiger partial charge in [-0.25, -0.2) is 0 Å². The van der Waals surface area contributed by atoms with Gasteiger partial charge in [-0.1, -0.05) is 12.1 Å². The van der Waals surface area contributed by atoms with Crippen LogP contribution in [0.1, 0.15) is 19.8 Å². The van der Waals surface area contributed by atoms with Crippen molar-refractivity contribution in [2.75, 3.05) is 18.4 Å². The zero-order valence-corrected chi connectivity index (χ0v) is 14.6. The van der Waals surface area contributed by atoms with E-state index < -0.39 is 0 Å². The number of aromatic nitrogens is 2. The lowest BCUT2D eigenvalue weighted by atomic mass is 9.79. The number of hydrogen-bond acceptors (Lipinski definition) is 3. The predicted molar refractivity (Wildman–Crippen MR) is 103 cm³/mol. The van der Waals surface area contributed by atoms with Crippen molar-refractivity contribution in [1.82, 2.24) is 14.9 Å². The first-order chi connectivity index (χ1) is 12.3. The Morgan fingerprint density at radius 2 is 2.00 bits per heavy atom. The van der Waals surface area contributed by atoms with E-state index in [4.69, 9.17) is 4.98 Å². The number of piperidine rings is 3. The van der Waals surface area contributed by atoms with Crippen LogP contribution < -0.4 is 5.32 Å². The molecule has 25 heavy (non-hydrogen) atoms. The number of nitrogens with one attached hydrogen (secondary N) is 2. The summed E-state index contributed by atoms with van der Waals surface area (Å²) >= 11 is 0. The van der Waals surface area contributed by atoms with Crippen LogP contribution in [0.3, 0.4) is 0 Å². The highest BCUT2D eigenvalue weighted by molar-refractivity contribution is 5.94. The summed E-state index contributed by atoms with van der Waals surface area (Å²) < 4.78 is 0. The van der Waals surface area contributed by atoms with Crippen LogP contribution in [0.2, 0.25) is 0 Å². The lowest BCUT2D eigenvalue weighted by Crippen LogP contribution is -2.59. The van der Waals surface area contributed by atoms with Gasteiger partial charge in [0.1, 0.15) is 0 Å². The smallest absolute Gasteiger partial charge is 0.0710 e. The summed E-state index contributed by atoms with van der Waals surface area (Å²) in [5.41, 5.74) is 4.50. The van der Waals surface area contributed by atoms with E-state index in [-0.39, 0.29) is 0 Å². The quantitative estimate of drug-likeness (QED) is 0.758. The zero-order chi connectivity index (χ0) is 16.8. The van der Waals surface area contributed by atoms with Gasteiger partial charge in [-0.3, -0.25) is 9.88 Å². The molecule has 0 unspecified atom stereocenters. The Labute approximate surface area is 148 Å². The maximum Gasteiger partial charge on any atom is 0.0710 e. The van der Waals surface area contributed by atoms with Gasteiger partial charge < -0.3 is 10.3 Å². The summed E-state index contributed by atoms with van der Waals surface area (Å²) in [6.07, 6.45) is 6.62. The van der Waals surface area contributed by atoms with Gasteiger partial charge in [0.2, 0.25) is 0 Å². The molecular formula is C21H24N4. The minimum absolute atomic E-state index is 0.545. The Bertz CT molecular complexity index is 872. The molecule has 0 radical (unpaired) electrons. The molecule has 4 nitrogen and oxygen atoms in total. The van der Waals surface area contributed by atoms with Crippen molar-refractivity contribution in [3.63, 3.8) is 0 Å². The van der Waals surface area contributed by atoms with Crippen LogP contribution in [0.15, 0.2) is 48.8 Å². The van der Waals surface area contributed by atoms with Crippen molar-refractivity contribution >= 4 is 16.6 Å². The minimum Gasteiger partial charge on any atom is -0.379 e. The fourth-order valence-electron chi connectivity index (χ4n) is 4.69. The van der Waals surface area contributed by atoms with Gasteiger partial charge in [0, 0.05) is 34.7 Å². The number of fused-ring (bicyclic) bond motifs is 4. The summed E-state index contributed by atoms with van der Waals surface area (Å²) in [4.78, 5) is 10.6. The molecule has 0 spiro atoms. The van der Waals surface area contributed by atoms with E-state index in [0.29, 0.717) is 12.1 Å². The van der Waals surface area contributed by atoms with Gasteiger partial charge in [-0.05, 0) is 63.0 Å². The molecule has 2 bridgehead atoms. The Morgan fingerprint density at radius 1 is 1.12 bits per heavy atom. The Kier molecular flexibility index (Phi) is 3.52. The van der Waals surface area contributed by atoms with Gasteiger partial charge in [0.05, 0.1) is 17.6 Å². The maximum atomic E-state index is 4.74. The van der Waals surface area contributed by atoms with E-state index in [1.54, 1.807) is 0 Å². The number of anilines is 1. The third-order valence-electron chi connectivity index (χ3n) is 6.15. The topological polar surface area (TPSA) is 44.0 Å². The molecule has 3 aliphatic heterocycles. The number of hydrogen-bond donors (Lipinski definition) is 2. The Balaban J connectivity index is 1.40. The normalized spacial score (nSPS) is 28.4.